The van der Waals surface area contributed by atoms with Crippen molar-refractivity contribution in [3.8, 4) is 11.1 Å². The minimum absolute atomic E-state index is 1.25. The number of rotatable bonds is 1. The predicted octanol–water partition coefficient (Wildman–Crippen LogP) is 3.98. The summed E-state index contributed by atoms with van der Waals surface area (Å²) in [7, 11) is 0. The van der Waals surface area contributed by atoms with Crippen molar-refractivity contribution >= 4 is 0 Å². The zero-order valence-electron chi connectivity index (χ0n) is 10.3. The smallest absolute Gasteiger partial charge is 0.0349 e. The second kappa shape index (κ2) is 4.09. The number of nitrogens with zero attached hydrogens (tertiary/aromatic N) is 1. The minimum atomic E-state index is 1.25. The molecule has 1 aromatic carbocycles. The van der Waals surface area contributed by atoms with Crippen LogP contribution in [0.5, 0.6) is 0 Å². The lowest BCUT2D eigenvalue weighted by Gasteiger charge is -2.12. The van der Waals surface area contributed by atoms with E-state index in [1.54, 1.807) is 0 Å². The molecule has 0 unspecified atom stereocenters. The standard InChI is InChI=1S/C15H17N/c1-10-6-5-7-14(12(10)3)15-9-16-8-11(2)13(15)4/h5-9H,1-4H3. The molecule has 1 aromatic heterocycles. The van der Waals surface area contributed by atoms with E-state index in [4.69, 9.17) is 0 Å². The van der Waals surface area contributed by atoms with E-state index in [0.29, 0.717) is 0 Å². The van der Waals surface area contributed by atoms with Gasteiger partial charge < -0.3 is 0 Å². The molecule has 0 saturated carbocycles. The maximum atomic E-state index is 4.29. The fourth-order valence-electron chi connectivity index (χ4n) is 1.94. The summed E-state index contributed by atoms with van der Waals surface area (Å²) in [5, 5.41) is 0. The predicted molar refractivity (Wildman–Crippen MR) is 68.6 cm³/mol. The molecular weight excluding hydrogens is 194 g/mol. The Morgan fingerprint density at radius 2 is 1.44 bits per heavy atom. The van der Waals surface area contributed by atoms with Gasteiger partial charge in [-0.3, -0.25) is 4.98 Å². The molecule has 0 aliphatic carbocycles. The number of pyridine rings is 1. The Labute approximate surface area is 97.2 Å². The molecule has 82 valence electrons. The first-order valence-corrected chi connectivity index (χ1v) is 5.59. The van der Waals surface area contributed by atoms with Gasteiger partial charge >= 0.3 is 0 Å². The molecule has 0 radical (unpaired) electrons. The summed E-state index contributed by atoms with van der Waals surface area (Å²) in [5.74, 6) is 0. The zero-order chi connectivity index (χ0) is 11.7. The van der Waals surface area contributed by atoms with E-state index in [1.165, 1.54) is 33.4 Å². The maximum absolute atomic E-state index is 4.29. The lowest BCUT2D eigenvalue weighted by molar-refractivity contribution is 1.21. The number of aromatic nitrogens is 1. The Morgan fingerprint density at radius 1 is 0.750 bits per heavy atom. The summed E-state index contributed by atoms with van der Waals surface area (Å²) in [5.41, 5.74) is 7.80. The van der Waals surface area contributed by atoms with Crippen LogP contribution in [0.25, 0.3) is 11.1 Å². The average Bonchev–Trinajstić information content (AvgIpc) is 2.27. The maximum Gasteiger partial charge on any atom is 0.0349 e. The van der Waals surface area contributed by atoms with Crippen LogP contribution < -0.4 is 0 Å². The molecule has 2 rings (SSSR count). The summed E-state index contributed by atoms with van der Waals surface area (Å²) < 4.78 is 0. The van der Waals surface area contributed by atoms with Crippen LogP contribution in [0.3, 0.4) is 0 Å². The number of hydrogen-bond donors (Lipinski definition) is 0. The first-order chi connectivity index (χ1) is 7.61. The van der Waals surface area contributed by atoms with E-state index >= 15 is 0 Å². The second-order valence-corrected chi connectivity index (χ2v) is 4.38. The highest BCUT2D eigenvalue weighted by Crippen LogP contribution is 2.28. The van der Waals surface area contributed by atoms with Crippen LogP contribution in [0.4, 0.5) is 0 Å². The molecule has 1 heterocycles. The molecule has 0 amide bonds. The van der Waals surface area contributed by atoms with Crippen molar-refractivity contribution < 1.29 is 0 Å². The van der Waals surface area contributed by atoms with E-state index in [2.05, 4.69) is 50.9 Å². The normalized spacial score (nSPS) is 10.5. The lowest BCUT2D eigenvalue weighted by Crippen LogP contribution is -1.93. The molecule has 1 nitrogen and oxygen atoms in total. The highest BCUT2D eigenvalue weighted by Gasteiger charge is 2.07. The lowest BCUT2D eigenvalue weighted by atomic mass is 9.94. The minimum Gasteiger partial charge on any atom is -0.264 e. The molecule has 16 heavy (non-hydrogen) atoms. The zero-order valence-corrected chi connectivity index (χ0v) is 10.3. The monoisotopic (exact) mass is 211 g/mol. The molecule has 0 N–H and O–H groups in total. The Hall–Kier alpha value is -1.63. The van der Waals surface area contributed by atoms with E-state index in [0.717, 1.165) is 0 Å². The van der Waals surface area contributed by atoms with Crippen molar-refractivity contribution in [2.45, 2.75) is 27.7 Å². The molecule has 2 aromatic rings. The Bertz CT molecular complexity index is 477. The van der Waals surface area contributed by atoms with E-state index < -0.39 is 0 Å². The molecule has 0 aliphatic heterocycles. The van der Waals surface area contributed by atoms with Gasteiger partial charge in [0, 0.05) is 18.0 Å². The number of hydrogen-bond acceptors (Lipinski definition) is 1. The highest BCUT2D eigenvalue weighted by molar-refractivity contribution is 5.71. The van der Waals surface area contributed by atoms with Gasteiger partial charge in [-0.05, 0) is 55.5 Å². The average molecular weight is 211 g/mol. The van der Waals surface area contributed by atoms with Crippen molar-refractivity contribution in [1.29, 1.82) is 0 Å². The van der Waals surface area contributed by atoms with E-state index in [9.17, 15) is 0 Å². The molecule has 0 fully saturated rings. The molecule has 0 saturated heterocycles. The van der Waals surface area contributed by atoms with Crippen molar-refractivity contribution in [3.63, 3.8) is 0 Å². The van der Waals surface area contributed by atoms with Crippen LogP contribution in [0.15, 0.2) is 30.6 Å². The Balaban J connectivity index is 2.68. The molecule has 0 atom stereocenters. The first kappa shape index (κ1) is 10.9. The van der Waals surface area contributed by atoms with Crippen LogP contribution in [0, 0.1) is 27.7 Å². The first-order valence-electron chi connectivity index (χ1n) is 5.59. The van der Waals surface area contributed by atoms with Crippen LogP contribution in [-0.2, 0) is 0 Å². The third-order valence-electron chi connectivity index (χ3n) is 3.36. The topological polar surface area (TPSA) is 12.9 Å². The van der Waals surface area contributed by atoms with Gasteiger partial charge in [-0.25, -0.2) is 0 Å². The van der Waals surface area contributed by atoms with Gasteiger partial charge in [0.1, 0.15) is 0 Å². The van der Waals surface area contributed by atoms with Gasteiger partial charge in [-0.2, -0.15) is 0 Å². The fraction of sp³-hybridized carbons (Fsp3) is 0.267. The van der Waals surface area contributed by atoms with Gasteiger partial charge in [-0.15, -0.1) is 0 Å². The van der Waals surface area contributed by atoms with Gasteiger partial charge in [0.2, 0.25) is 0 Å². The molecular formula is C15H17N. The molecule has 0 aliphatic rings. The number of benzene rings is 1. The third kappa shape index (κ3) is 1.73. The summed E-state index contributed by atoms with van der Waals surface area (Å²) >= 11 is 0. The highest BCUT2D eigenvalue weighted by atomic mass is 14.6. The van der Waals surface area contributed by atoms with Crippen LogP contribution >= 0.6 is 0 Å². The van der Waals surface area contributed by atoms with E-state index in [-0.39, 0.29) is 0 Å². The van der Waals surface area contributed by atoms with Gasteiger partial charge in [-0.1, -0.05) is 18.2 Å². The largest absolute Gasteiger partial charge is 0.264 e. The fourth-order valence-corrected chi connectivity index (χ4v) is 1.94. The third-order valence-corrected chi connectivity index (χ3v) is 3.36. The molecule has 0 bridgehead atoms. The van der Waals surface area contributed by atoms with Crippen molar-refractivity contribution in [2.24, 2.45) is 0 Å². The molecule has 1 heteroatoms. The van der Waals surface area contributed by atoms with Crippen molar-refractivity contribution in [2.75, 3.05) is 0 Å². The summed E-state index contributed by atoms with van der Waals surface area (Å²) in [6.07, 6.45) is 3.88. The van der Waals surface area contributed by atoms with Gasteiger partial charge in [0.05, 0.1) is 0 Å². The van der Waals surface area contributed by atoms with Gasteiger partial charge in [0.25, 0.3) is 0 Å². The quantitative estimate of drug-likeness (QED) is 0.695. The summed E-state index contributed by atoms with van der Waals surface area (Å²) in [6, 6.07) is 6.43. The number of aryl methyl sites for hydroxylation is 2. The Kier molecular flexibility index (Phi) is 2.78. The van der Waals surface area contributed by atoms with Crippen molar-refractivity contribution in [3.05, 3.63) is 52.8 Å². The second-order valence-electron chi connectivity index (χ2n) is 4.38. The SMILES string of the molecule is Cc1cccc(-c2cncc(C)c2C)c1C. The van der Waals surface area contributed by atoms with Crippen LogP contribution in [0.1, 0.15) is 22.3 Å². The summed E-state index contributed by atoms with van der Waals surface area (Å²) in [4.78, 5) is 4.29. The summed E-state index contributed by atoms with van der Waals surface area (Å²) in [6.45, 7) is 8.59. The van der Waals surface area contributed by atoms with Crippen LogP contribution in [0.2, 0.25) is 0 Å². The van der Waals surface area contributed by atoms with E-state index in [1.807, 2.05) is 12.4 Å². The Morgan fingerprint density at radius 3 is 2.19 bits per heavy atom. The molecule has 0 spiro atoms. The van der Waals surface area contributed by atoms with Crippen LogP contribution in [-0.4, -0.2) is 4.98 Å². The van der Waals surface area contributed by atoms with Crippen molar-refractivity contribution in [1.82, 2.24) is 4.98 Å². The van der Waals surface area contributed by atoms with Gasteiger partial charge in [0.15, 0.2) is 0 Å².